The number of hydrogen-bond acceptors (Lipinski definition) is 4. The number of carbonyl (C=O) groups excluding carboxylic acids is 1. The third-order valence-corrected chi connectivity index (χ3v) is 7.98. The molecule has 1 aliphatic rings. The van der Waals surface area contributed by atoms with Crippen LogP contribution in [0.25, 0.3) is 0 Å². The van der Waals surface area contributed by atoms with E-state index in [0.29, 0.717) is 19.4 Å². The van der Waals surface area contributed by atoms with Crippen molar-refractivity contribution in [1.29, 1.82) is 0 Å². The van der Waals surface area contributed by atoms with E-state index in [-0.39, 0.29) is 6.42 Å². The summed E-state index contributed by atoms with van der Waals surface area (Å²) < 4.78 is 0. The van der Waals surface area contributed by atoms with Crippen molar-refractivity contribution in [2.75, 3.05) is 6.54 Å². The van der Waals surface area contributed by atoms with Gasteiger partial charge in [0.15, 0.2) is 8.32 Å². The molecule has 1 amide bonds. The summed E-state index contributed by atoms with van der Waals surface area (Å²) in [6.45, 7) is 7.55. The molecule has 0 unspecified atom stereocenters. The second kappa shape index (κ2) is 5.83. The van der Waals surface area contributed by atoms with Crippen LogP contribution in [0, 0.1) is 0 Å². The van der Waals surface area contributed by atoms with E-state index in [9.17, 15) is 19.5 Å². The lowest BCUT2D eigenvalue weighted by Crippen LogP contribution is -2.48. The maximum Gasteiger partial charge on any atom is 0.326 e. The summed E-state index contributed by atoms with van der Waals surface area (Å²) in [4.78, 5) is 34.7. The van der Waals surface area contributed by atoms with Crippen molar-refractivity contribution >= 4 is 20.2 Å². The van der Waals surface area contributed by atoms with E-state index in [1.807, 2.05) is 13.8 Å². The summed E-state index contributed by atoms with van der Waals surface area (Å²) in [5.74, 6) is -1.57. The first-order chi connectivity index (χ1) is 8.97. The van der Waals surface area contributed by atoms with Crippen molar-refractivity contribution in [3.05, 3.63) is 0 Å². The second-order valence-corrected chi connectivity index (χ2v) is 11.2. The van der Waals surface area contributed by atoms with Crippen LogP contribution in [0.4, 0.5) is 0 Å². The number of amides is 1. The van der Waals surface area contributed by atoms with Crippen LogP contribution in [0.5, 0.6) is 0 Å². The lowest BCUT2D eigenvalue weighted by Gasteiger charge is -2.37. The lowest BCUT2D eigenvalue weighted by molar-refractivity contribution is -0.152. The molecule has 0 saturated carbocycles. The molecule has 116 valence electrons. The highest BCUT2D eigenvalue weighted by Crippen LogP contribution is 2.40. The molecule has 7 heteroatoms. The zero-order valence-electron chi connectivity index (χ0n) is 12.6. The Balaban J connectivity index is 2.75. The maximum atomic E-state index is 12.2. The average molecular weight is 303 g/mol. The number of rotatable bonds is 5. The maximum absolute atomic E-state index is 12.2. The Morgan fingerprint density at radius 2 is 1.95 bits per heavy atom. The molecule has 1 fully saturated rings. The van der Waals surface area contributed by atoms with Gasteiger partial charge in [-0.1, -0.05) is 13.8 Å². The van der Waals surface area contributed by atoms with Crippen LogP contribution in [-0.2, 0) is 9.59 Å². The quantitative estimate of drug-likeness (QED) is 0.652. The third-order valence-electron chi connectivity index (χ3n) is 4.47. The van der Waals surface area contributed by atoms with Gasteiger partial charge in [-0.05, 0) is 37.4 Å². The standard InChI is InChI=1S/C13H25NO5Si/c1-13(2,20(3,4)19)8-10(15)11(16)14-7-5-6-9(14)12(17)18/h9-10,15,19H,5-8H2,1-4H3,(H,17,18)/t9-,10-/m0/s1. The molecule has 0 aromatic carbocycles. The molecule has 0 aromatic heterocycles. The largest absolute Gasteiger partial charge is 0.480 e. The van der Waals surface area contributed by atoms with E-state index in [2.05, 4.69) is 0 Å². The highest BCUT2D eigenvalue weighted by atomic mass is 28.4. The van der Waals surface area contributed by atoms with Gasteiger partial charge in [-0.25, -0.2) is 4.79 Å². The Hall–Kier alpha value is -0.923. The van der Waals surface area contributed by atoms with Crippen molar-refractivity contribution in [2.24, 2.45) is 0 Å². The fourth-order valence-corrected chi connectivity index (χ4v) is 2.99. The van der Waals surface area contributed by atoms with Crippen LogP contribution in [0.1, 0.15) is 33.1 Å². The van der Waals surface area contributed by atoms with E-state index in [0.717, 1.165) is 0 Å². The summed E-state index contributed by atoms with van der Waals surface area (Å²) in [5.41, 5.74) is 0. The van der Waals surface area contributed by atoms with Gasteiger partial charge >= 0.3 is 5.97 Å². The van der Waals surface area contributed by atoms with Gasteiger partial charge < -0.3 is 19.9 Å². The van der Waals surface area contributed by atoms with Crippen LogP contribution in [-0.4, -0.2) is 58.8 Å². The minimum atomic E-state index is -2.52. The van der Waals surface area contributed by atoms with Crippen molar-refractivity contribution in [1.82, 2.24) is 4.90 Å². The molecule has 0 aliphatic carbocycles. The van der Waals surface area contributed by atoms with Gasteiger partial charge in [0.05, 0.1) is 0 Å². The molecule has 1 aliphatic heterocycles. The molecular formula is C13H25NO5Si. The van der Waals surface area contributed by atoms with Gasteiger partial charge in [-0.2, -0.15) is 0 Å². The van der Waals surface area contributed by atoms with E-state index in [1.54, 1.807) is 13.1 Å². The smallest absolute Gasteiger partial charge is 0.326 e. The Morgan fingerprint density at radius 1 is 1.40 bits per heavy atom. The first-order valence-corrected chi connectivity index (χ1v) is 9.86. The minimum Gasteiger partial charge on any atom is -0.480 e. The average Bonchev–Trinajstić information content (AvgIpc) is 2.74. The Kier molecular flexibility index (Phi) is 4.99. The molecule has 6 nitrogen and oxygen atoms in total. The zero-order valence-corrected chi connectivity index (χ0v) is 13.6. The molecular weight excluding hydrogens is 278 g/mol. The normalized spacial score (nSPS) is 21.9. The number of nitrogens with zero attached hydrogens (tertiary/aromatic N) is 1. The predicted molar refractivity (Wildman–Crippen MR) is 76.7 cm³/mol. The van der Waals surface area contributed by atoms with Crippen molar-refractivity contribution < 1.29 is 24.6 Å². The number of carboxylic acids is 1. The zero-order chi connectivity index (χ0) is 15.7. The fourth-order valence-electron chi connectivity index (χ4n) is 2.30. The van der Waals surface area contributed by atoms with Crippen LogP contribution >= 0.6 is 0 Å². The summed E-state index contributed by atoms with van der Waals surface area (Å²) in [6.07, 6.45) is -0.0511. The first-order valence-electron chi connectivity index (χ1n) is 6.91. The predicted octanol–water partition coefficient (Wildman–Crippen LogP) is 0.791. The van der Waals surface area contributed by atoms with E-state index >= 15 is 0 Å². The Morgan fingerprint density at radius 3 is 2.40 bits per heavy atom. The highest BCUT2D eigenvalue weighted by Gasteiger charge is 2.43. The first kappa shape index (κ1) is 17.1. The van der Waals surface area contributed by atoms with E-state index in [1.165, 1.54) is 4.90 Å². The monoisotopic (exact) mass is 303 g/mol. The van der Waals surface area contributed by atoms with Crippen molar-refractivity contribution in [2.45, 2.75) is 63.4 Å². The summed E-state index contributed by atoms with van der Waals surface area (Å²) >= 11 is 0. The number of aliphatic hydroxyl groups excluding tert-OH is 1. The summed E-state index contributed by atoms with van der Waals surface area (Å²) in [6, 6.07) is -0.834. The number of carboxylic acid groups (broad SMARTS) is 1. The van der Waals surface area contributed by atoms with Crippen molar-refractivity contribution in [3.63, 3.8) is 0 Å². The molecule has 1 heterocycles. The summed E-state index contributed by atoms with van der Waals surface area (Å²) in [7, 11) is -2.52. The molecule has 2 atom stereocenters. The van der Waals surface area contributed by atoms with Crippen LogP contribution < -0.4 is 0 Å². The number of aliphatic carboxylic acids is 1. The van der Waals surface area contributed by atoms with Gasteiger partial charge in [0.1, 0.15) is 12.1 Å². The fraction of sp³-hybridized carbons (Fsp3) is 0.846. The molecule has 3 N–H and O–H groups in total. The van der Waals surface area contributed by atoms with Gasteiger partial charge in [0.2, 0.25) is 0 Å². The number of hydrogen-bond donors (Lipinski definition) is 3. The van der Waals surface area contributed by atoms with Crippen molar-refractivity contribution in [3.8, 4) is 0 Å². The third kappa shape index (κ3) is 3.59. The van der Waals surface area contributed by atoms with Crippen LogP contribution in [0.15, 0.2) is 0 Å². The Bertz CT molecular complexity index is 391. The molecule has 1 rings (SSSR count). The van der Waals surface area contributed by atoms with Gasteiger partial charge in [0.25, 0.3) is 5.91 Å². The van der Waals surface area contributed by atoms with Gasteiger partial charge in [0, 0.05) is 6.54 Å². The number of aliphatic hydroxyl groups is 1. The second-order valence-electron chi connectivity index (χ2n) is 6.69. The molecule has 20 heavy (non-hydrogen) atoms. The van der Waals surface area contributed by atoms with Gasteiger partial charge in [-0.15, -0.1) is 0 Å². The van der Waals surface area contributed by atoms with E-state index in [4.69, 9.17) is 5.11 Å². The minimum absolute atomic E-state index is 0.143. The SMILES string of the molecule is CC(C)(C[C@H](O)C(=O)N1CCC[C@H]1C(=O)O)[Si](C)(C)O. The molecule has 0 spiro atoms. The van der Waals surface area contributed by atoms with E-state index < -0.39 is 37.4 Å². The molecule has 0 radical (unpaired) electrons. The highest BCUT2D eigenvalue weighted by molar-refractivity contribution is 6.72. The topological polar surface area (TPSA) is 98.1 Å². The Labute approximate surface area is 120 Å². The summed E-state index contributed by atoms with van der Waals surface area (Å²) in [5, 5.41) is 18.6. The van der Waals surface area contributed by atoms with Crippen LogP contribution in [0.2, 0.25) is 18.1 Å². The molecule has 0 bridgehead atoms. The molecule has 1 saturated heterocycles. The van der Waals surface area contributed by atoms with Gasteiger partial charge in [-0.3, -0.25) is 4.79 Å². The number of likely N-dealkylation sites (tertiary alicyclic amines) is 1. The molecule has 0 aromatic rings. The van der Waals surface area contributed by atoms with Crippen LogP contribution in [0.3, 0.4) is 0 Å². The number of carbonyl (C=O) groups is 2. The lowest BCUT2D eigenvalue weighted by atomic mass is 10.0.